The van der Waals surface area contributed by atoms with E-state index in [0.717, 1.165) is 11.6 Å². The monoisotopic (exact) mass is 507 g/mol. The van der Waals surface area contributed by atoms with Gasteiger partial charge in [-0.05, 0) is 72.5 Å². The Morgan fingerprint density at radius 3 is 2.33 bits per heavy atom. The molecule has 0 radical (unpaired) electrons. The zero-order chi connectivity index (χ0) is 25.8. The number of nitrogens with zero attached hydrogens (tertiary/aromatic N) is 3. The standard InChI is InChI=1S/C27H23ClFN3O4/c1-30(2)24(33)11-16-3-6-21(7-4-16)31-23-15-19(28)5-8-22(23)32(26(31)36)27(9-10-27)18-12-17(25(34)35)13-20(29)14-18/h3-8,12-15H,9-11H2,1-2H3,(H,34,35). The van der Waals surface area contributed by atoms with E-state index < -0.39 is 17.3 Å². The number of hydrogen-bond donors (Lipinski definition) is 1. The second kappa shape index (κ2) is 8.64. The highest BCUT2D eigenvalue weighted by Crippen LogP contribution is 2.50. The van der Waals surface area contributed by atoms with Crippen molar-refractivity contribution in [3.63, 3.8) is 0 Å². The number of amides is 1. The lowest BCUT2D eigenvalue weighted by molar-refractivity contribution is -0.127. The Morgan fingerprint density at radius 1 is 1.03 bits per heavy atom. The summed E-state index contributed by atoms with van der Waals surface area (Å²) in [5, 5.41) is 9.88. The topological polar surface area (TPSA) is 84.5 Å². The van der Waals surface area contributed by atoms with Gasteiger partial charge in [-0.3, -0.25) is 13.9 Å². The summed E-state index contributed by atoms with van der Waals surface area (Å²) in [7, 11) is 3.39. The zero-order valence-electron chi connectivity index (χ0n) is 19.7. The molecular weight excluding hydrogens is 485 g/mol. The van der Waals surface area contributed by atoms with Crippen LogP contribution in [0.25, 0.3) is 16.7 Å². The molecule has 1 heterocycles. The third-order valence-electron chi connectivity index (χ3n) is 6.68. The lowest BCUT2D eigenvalue weighted by atomic mass is 10.0. The van der Waals surface area contributed by atoms with Crippen molar-refractivity contribution in [3.8, 4) is 5.69 Å². The van der Waals surface area contributed by atoms with Gasteiger partial charge in [-0.15, -0.1) is 0 Å². The lowest BCUT2D eigenvalue weighted by Gasteiger charge is -2.19. The van der Waals surface area contributed by atoms with Crippen molar-refractivity contribution in [3.05, 3.63) is 98.7 Å². The van der Waals surface area contributed by atoms with E-state index >= 15 is 0 Å². The third kappa shape index (κ3) is 3.97. The zero-order valence-corrected chi connectivity index (χ0v) is 20.4. The summed E-state index contributed by atoms with van der Waals surface area (Å²) in [6.45, 7) is 0. The molecule has 5 rings (SSSR count). The molecule has 0 bridgehead atoms. The number of aromatic carboxylic acids is 1. The van der Waals surface area contributed by atoms with Crippen LogP contribution in [0, 0.1) is 5.82 Å². The second-order valence-corrected chi connectivity index (χ2v) is 9.72. The number of aromatic nitrogens is 2. The van der Waals surface area contributed by atoms with Crippen LogP contribution in [0.1, 0.15) is 34.3 Å². The van der Waals surface area contributed by atoms with Crippen LogP contribution in [0.5, 0.6) is 0 Å². The molecule has 0 unspecified atom stereocenters. The quantitative estimate of drug-likeness (QED) is 0.418. The summed E-state index contributed by atoms with van der Waals surface area (Å²) in [5.41, 5.74) is 1.65. The van der Waals surface area contributed by atoms with Gasteiger partial charge in [0.15, 0.2) is 0 Å². The molecule has 1 N–H and O–H groups in total. The van der Waals surface area contributed by atoms with Crippen LogP contribution in [-0.4, -0.2) is 45.1 Å². The summed E-state index contributed by atoms with van der Waals surface area (Å²) >= 11 is 6.29. The number of benzene rings is 3. The first kappa shape index (κ1) is 23.8. The molecule has 7 nitrogen and oxygen atoms in total. The largest absolute Gasteiger partial charge is 0.478 e. The molecule has 184 valence electrons. The molecule has 0 atom stereocenters. The first-order chi connectivity index (χ1) is 17.1. The molecule has 3 aromatic carbocycles. The first-order valence-corrected chi connectivity index (χ1v) is 11.8. The van der Waals surface area contributed by atoms with E-state index in [1.807, 2.05) is 0 Å². The Morgan fingerprint density at radius 2 is 1.72 bits per heavy atom. The maximum Gasteiger partial charge on any atom is 0.335 e. The fourth-order valence-electron chi connectivity index (χ4n) is 4.67. The summed E-state index contributed by atoms with van der Waals surface area (Å²) in [4.78, 5) is 39.1. The van der Waals surface area contributed by atoms with Crippen LogP contribution in [0.15, 0.2) is 65.5 Å². The van der Waals surface area contributed by atoms with Gasteiger partial charge in [0, 0.05) is 19.1 Å². The summed E-state index contributed by atoms with van der Waals surface area (Å²) in [6.07, 6.45) is 1.36. The number of carboxylic acid groups (broad SMARTS) is 1. The molecule has 1 aliphatic rings. The maximum atomic E-state index is 14.4. The van der Waals surface area contributed by atoms with E-state index in [2.05, 4.69) is 0 Å². The van der Waals surface area contributed by atoms with Crippen LogP contribution < -0.4 is 5.69 Å². The van der Waals surface area contributed by atoms with Crippen molar-refractivity contribution in [2.75, 3.05) is 14.1 Å². The number of carbonyl (C=O) groups excluding carboxylic acids is 1. The molecule has 0 saturated heterocycles. The summed E-state index contributed by atoms with van der Waals surface area (Å²) in [6, 6.07) is 16.0. The molecule has 9 heteroatoms. The number of hydrogen-bond acceptors (Lipinski definition) is 3. The molecule has 0 spiro atoms. The number of halogens is 2. The Bertz CT molecular complexity index is 1580. The maximum absolute atomic E-state index is 14.4. The van der Waals surface area contributed by atoms with Gasteiger partial charge in [0.2, 0.25) is 5.91 Å². The van der Waals surface area contributed by atoms with E-state index in [0.29, 0.717) is 40.1 Å². The predicted octanol–water partition coefficient (Wildman–Crippen LogP) is 4.45. The van der Waals surface area contributed by atoms with Gasteiger partial charge in [0.1, 0.15) is 5.82 Å². The van der Waals surface area contributed by atoms with E-state index in [1.165, 1.54) is 21.6 Å². The fraction of sp³-hybridized carbons (Fsp3) is 0.222. The number of likely N-dealkylation sites (N-methyl/N-ethyl adjacent to an activating group) is 1. The van der Waals surface area contributed by atoms with Crippen LogP contribution in [0.2, 0.25) is 5.02 Å². The highest BCUT2D eigenvalue weighted by molar-refractivity contribution is 6.31. The number of rotatable bonds is 6. The highest BCUT2D eigenvalue weighted by atomic mass is 35.5. The van der Waals surface area contributed by atoms with Crippen molar-refractivity contribution in [2.45, 2.75) is 24.8 Å². The fourth-order valence-corrected chi connectivity index (χ4v) is 4.84. The van der Waals surface area contributed by atoms with Crippen molar-refractivity contribution >= 4 is 34.5 Å². The average molecular weight is 508 g/mol. The number of carbonyl (C=O) groups is 2. The molecule has 36 heavy (non-hydrogen) atoms. The van der Waals surface area contributed by atoms with Crippen molar-refractivity contribution in [2.24, 2.45) is 0 Å². The Balaban J connectivity index is 1.67. The number of carboxylic acids is 1. The minimum absolute atomic E-state index is 0.0326. The van der Waals surface area contributed by atoms with Gasteiger partial charge in [-0.25, -0.2) is 14.0 Å². The van der Waals surface area contributed by atoms with Gasteiger partial charge in [0.05, 0.1) is 34.2 Å². The Hall–Kier alpha value is -3.91. The summed E-state index contributed by atoms with van der Waals surface area (Å²) < 4.78 is 17.5. The Labute approximate surface area is 210 Å². The summed E-state index contributed by atoms with van der Waals surface area (Å²) in [5.74, 6) is -1.94. The van der Waals surface area contributed by atoms with Crippen molar-refractivity contribution < 1.29 is 19.1 Å². The minimum atomic E-state index is -1.24. The van der Waals surface area contributed by atoms with Gasteiger partial charge >= 0.3 is 11.7 Å². The van der Waals surface area contributed by atoms with Gasteiger partial charge in [0.25, 0.3) is 0 Å². The van der Waals surface area contributed by atoms with E-state index in [1.54, 1.807) is 61.1 Å². The molecule has 0 aliphatic heterocycles. The number of imidazole rings is 1. The molecular formula is C27H23ClFN3O4. The van der Waals surface area contributed by atoms with Gasteiger partial charge in [-0.2, -0.15) is 0 Å². The molecule has 4 aromatic rings. The molecule has 1 aliphatic carbocycles. The smallest absolute Gasteiger partial charge is 0.335 e. The SMILES string of the molecule is CN(C)C(=O)Cc1ccc(-n2c(=O)n(C3(c4cc(F)cc(C(=O)O)c4)CC3)c3ccc(Cl)cc32)cc1. The highest BCUT2D eigenvalue weighted by Gasteiger charge is 2.49. The van der Waals surface area contributed by atoms with E-state index in [9.17, 15) is 23.9 Å². The average Bonchev–Trinajstić information content (AvgIpc) is 3.57. The molecule has 1 amide bonds. The minimum Gasteiger partial charge on any atom is -0.478 e. The van der Waals surface area contributed by atoms with Crippen molar-refractivity contribution in [1.82, 2.24) is 14.0 Å². The van der Waals surface area contributed by atoms with E-state index in [-0.39, 0.29) is 23.6 Å². The van der Waals surface area contributed by atoms with Crippen LogP contribution >= 0.6 is 11.6 Å². The normalized spacial score (nSPS) is 14.1. The van der Waals surface area contributed by atoms with E-state index in [4.69, 9.17) is 11.6 Å². The molecule has 1 aromatic heterocycles. The van der Waals surface area contributed by atoms with Gasteiger partial charge in [-0.1, -0.05) is 23.7 Å². The van der Waals surface area contributed by atoms with Crippen molar-refractivity contribution in [1.29, 1.82) is 0 Å². The Kier molecular flexibility index (Phi) is 5.71. The van der Waals surface area contributed by atoms with Crippen LogP contribution in [0.3, 0.4) is 0 Å². The van der Waals surface area contributed by atoms with Gasteiger partial charge < -0.3 is 10.0 Å². The molecule has 1 fully saturated rings. The second-order valence-electron chi connectivity index (χ2n) is 9.28. The lowest BCUT2D eigenvalue weighted by Crippen LogP contribution is -2.32. The van der Waals surface area contributed by atoms with Crippen LogP contribution in [-0.2, 0) is 16.8 Å². The number of fused-ring (bicyclic) bond motifs is 1. The first-order valence-electron chi connectivity index (χ1n) is 11.4. The molecule has 1 saturated carbocycles. The third-order valence-corrected chi connectivity index (χ3v) is 6.92. The predicted molar refractivity (Wildman–Crippen MR) is 135 cm³/mol. The van der Waals surface area contributed by atoms with Crippen LogP contribution in [0.4, 0.5) is 4.39 Å².